The number of carboxylic acids is 1. The van der Waals surface area contributed by atoms with E-state index in [9.17, 15) is 14.7 Å². The summed E-state index contributed by atoms with van der Waals surface area (Å²) in [6.45, 7) is 0.498. The Kier molecular flexibility index (Phi) is 6.54. The molecule has 1 aliphatic carbocycles. The van der Waals surface area contributed by atoms with Gasteiger partial charge in [-0.15, -0.1) is 11.8 Å². The number of amides is 1. The molecule has 2 unspecified atom stereocenters. The Hall–Kier alpha value is -1.69. The number of hydrogen-bond donors (Lipinski definition) is 1. The Morgan fingerprint density at radius 3 is 2.67 bits per heavy atom. The molecule has 2 atom stereocenters. The second-order valence-corrected chi connectivity index (χ2v) is 7.13. The lowest BCUT2D eigenvalue weighted by atomic mass is 9.81. The smallest absolute Gasteiger partial charge is 0.306 e. The summed E-state index contributed by atoms with van der Waals surface area (Å²) in [6.07, 6.45) is 4.71. The third kappa shape index (κ3) is 4.44. The van der Waals surface area contributed by atoms with Crippen LogP contribution in [0.1, 0.15) is 31.2 Å². The molecule has 24 heavy (non-hydrogen) atoms. The van der Waals surface area contributed by atoms with Crippen molar-refractivity contribution in [3.05, 3.63) is 23.8 Å². The molecule has 1 fully saturated rings. The zero-order valence-corrected chi connectivity index (χ0v) is 15.3. The summed E-state index contributed by atoms with van der Waals surface area (Å²) in [5.74, 6) is -0.509. The summed E-state index contributed by atoms with van der Waals surface area (Å²) in [5, 5.41) is 9.18. The number of nitrogens with zero attached hydrogens (tertiary/aromatic N) is 1. The maximum atomic E-state index is 12.6. The fraction of sp³-hybridized carbons (Fsp3) is 0.556. The monoisotopic (exact) mass is 351 g/mol. The predicted octanol–water partition coefficient (Wildman–Crippen LogP) is 3.27. The standard InChI is InChI=1S/C18H25NO4S/c1-19(11-12-7-8-16(24-3)15(9-12)23-2)17(20)13-5-4-6-14(10-13)18(21)22/h7-9,13-14H,4-6,10-11H2,1-3H3,(H,21,22). The Morgan fingerprint density at radius 2 is 2.04 bits per heavy atom. The number of hydrogen-bond acceptors (Lipinski definition) is 4. The zero-order valence-electron chi connectivity index (χ0n) is 14.4. The number of aliphatic carboxylic acids is 1. The highest BCUT2D eigenvalue weighted by Crippen LogP contribution is 2.31. The first-order chi connectivity index (χ1) is 11.5. The quantitative estimate of drug-likeness (QED) is 0.797. The number of methoxy groups -OCH3 is 1. The molecule has 1 aromatic carbocycles. The molecule has 0 aromatic heterocycles. The van der Waals surface area contributed by atoms with Crippen molar-refractivity contribution in [1.82, 2.24) is 4.90 Å². The van der Waals surface area contributed by atoms with Crippen LogP contribution in [-0.4, -0.2) is 42.3 Å². The number of ether oxygens (including phenoxy) is 1. The normalized spacial score (nSPS) is 20.5. The second kappa shape index (κ2) is 8.42. The first-order valence-corrected chi connectivity index (χ1v) is 9.37. The number of carbonyl (C=O) groups is 2. The lowest BCUT2D eigenvalue weighted by Gasteiger charge is -2.29. The van der Waals surface area contributed by atoms with Gasteiger partial charge < -0.3 is 14.7 Å². The highest BCUT2D eigenvalue weighted by Gasteiger charge is 2.32. The van der Waals surface area contributed by atoms with Gasteiger partial charge in [0.05, 0.1) is 13.0 Å². The van der Waals surface area contributed by atoms with Gasteiger partial charge in [-0.25, -0.2) is 0 Å². The molecule has 132 valence electrons. The van der Waals surface area contributed by atoms with E-state index >= 15 is 0 Å². The molecule has 1 aromatic rings. The Balaban J connectivity index is 2.02. The number of thioether (sulfide) groups is 1. The van der Waals surface area contributed by atoms with Crippen LogP contribution in [0, 0.1) is 11.8 Å². The van der Waals surface area contributed by atoms with E-state index in [2.05, 4.69) is 0 Å². The van der Waals surface area contributed by atoms with Gasteiger partial charge in [-0.1, -0.05) is 12.5 Å². The van der Waals surface area contributed by atoms with E-state index in [1.54, 1.807) is 30.8 Å². The van der Waals surface area contributed by atoms with Crippen LogP contribution in [-0.2, 0) is 16.1 Å². The van der Waals surface area contributed by atoms with E-state index in [-0.39, 0.29) is 17.7 Å². The average molecular weight is 351 g/mol. The summed E-state index contributed by atoms with van der Waals surface area (Å²) in [7, 11) is 3.42. The van der Waals surface area contributed by atoms with E-state index in [0.29, 0.717) is 19.4 Å². The van der Waals surface area contributed by atoms with Crippen LogP contribution in [0.2, 0.25) is 0 Å². The minimum atomic E-state index is -0.785. The largest absolute Gasteiger partial charge is 0.496 e. The van der Waals surface area contributed by atoms with Gasteiger partial charge in [0.1, 0.15) is 5.75 Å². The van der Waals surface area contributed by atoms with Gasteiger partial charge in [-0.3, -0.25) is 9.59 Å². The molecule has 0 bridgehead atoms. The average Bonchev–Trinajstić information content (AvgIpc) is 2.60. The molecule has 0 saturated heterocycles. The molecule has 0 heterocycles. The molecule has 0 radical (unpaired) electrons. The van der Waals surface area contributed by atoms with Crippen LogP contribution in [0.15, 0.2) is 23.1 Å². The summed E-state index contributed by atoms with van der Waals surface area (Å²) in [4.78, 5) is 26.6. The maximum absolute atomic E-state index is 12.6. The Bertz CT molecular complexity index is 605. The minimum absolute atomic E-state index is 0.0360. The van der Waals surface area contributed by atoms with E-state index in [4.69, 9.17) is 4.74 Å². The maximum Gasteiger partial charge on any atom is 0.306 e. The Labute approximate surface area is 147 Å². The minimum Gasteiger partial charge on any atom is -0.496 e. The molecule has 5 nitrogen and oxygen atoms in total. The van der Waals surface area contributed by atoms with Gasteiger partial charge in [0.2, 0.25) is 5.91 Å². The van der Waals surface area contributed by atoms with Gasteiger partial charge in [0.25, 0.3) is 0 Å². The fourth-order valence-corrected chi connectivity index (χ4v) is 3.83. The number of rotatable bonds is 6. The molecule has 1 aliphatic rings. The lowest BCUT2D eigenvalue weighted by molar-refractivity contribution is -0.145. The topological polar surface area (TPSA) is 66.8 Å². The Morgan fingerprint density at radius 1 is 1.33 bits per heavy atom. The highest BCUT2D eigenvalue weighted by atomic mass is 32.2. The van der Waals surface area contributed by atoms with Gasteiger partial charge in [0.15, 0.2) is 0 Å². The van der Waals surface area contributed by atoms with Crippen LogP contribution in [0.3, 0.4) is 0 Å². The molecular formula is C18H25NO4S. The fourth-order valence-electron chi connectivity index (χ4n) is 3.28. The predicted molar refractivity (Wildman–Crippen MR) is 94.3 cm³/mol. The molecule has 1 saturated carbocycles. The summed E-state index contributed by atoms with van der Waals surface area (Å²) < 4.78 is 5.39. The van der Waals surface area contributed by atoms with Crippen LogP contribution >= 0.6 is 11.8 Å². The van der Waals surface area contributed by atoms with E-state index in [1.165, 1.54) is 0 Å². The first kappa shape index (κ1) is 18.6. The van der Waals surface area contributed by atoms with Gasteiger partial charge >= 0.3 is 5.97 Å². The summed E-state index contributed by atoms with van der Waals surface area (Å²) in [6, 6.07) is 5.95. The van der Waals surface area contributed by atoms with E-state index in [0.717, 1.165) is 29.1 Å². The summed E-state index contributed by atoms with van der Waals surface area (Å²) >= 11 is 1.62. The van der Waals surface area contributed by atoms with Crippen LogP contribution in [0.4, 0.5) is 0 Å². The molecule has 1 amide bonds. The molecule has 2 rings (SSSR count). The summed E-state index contributed by atoms with van der Waals surface area (Å²) in [5.41, 5.74) is 1.01. The van der Waals surface area contributed by atoms with Crippen molar-refractivity contribution >= 4 is 23.6 Å². The van der Waals surface area contributed by atoms with Gasteiger partial charge in [0, 0.05) is 24.4 Å². The number of benzene rings is 1. The van der Waals surface area contributed by atoms with Crippen LogP contribution in [0.25, 0.3) is 0 Å². The molecule has 6 heteroatoms. The van der Waals surface area contributed by atoms with Crippen molar-refractivity contribution in [2.75, 3.05) is 20.4 Å². The van der Waals surface area contributed by atoms with Crippen LogP contribution in [0.5, 0.6) is 5.75 Å². The van der Waals surface area contributed by atoms with Crippen molar-refractivity contribution in [1.29, 1.82) is 0 Å². The van der Waals surface area contributed by atoms with Gasteiger partial charge in [-0.2, -0.15) is 0 Å². The van der Waals surface area contributed by atoms with Crippen LogP contribution < -0.4 is 4.74 Å². The van der Waals surface area contributed by atoms with E-state index < -0.39 is 5.97 Å². The zero-order chi connectivity index (χ0) is 17.7. The van der Waals surface area contributed by atoms with Crippen molar-refractivity contribution in [3.8, 4) is 5.75 Å². The number of carboxylic acid groups (broad SMARTS) is 1. The van der Waals surface area contributed by atoms with Crippen molar-refractivity contribution in [2.24, 2.45) is 11.8 Å². The first-order valence-electron chi connectivity index (χ1n) is 8.15. The molecule has 0 spiro atoms. The van der Waals surface area contributed by atoms with Crippen molar-refractivity contribution in [3.63, 3.8) is 0 Å². The van der Waals surface area contributed by atoms with E-state index in [1.807, 2.05) is 24.5 Å². The third-order valence-electron chi connectivity index (χ3n) is 4.62. The second-order valence-electron chi connectivity index (χ2n) is 6.28. The SMILES string of the molecule is COc1cc(CN(C)C(=O)C2CCCC(C(=O)O)C2)ccc1SC. The van der Waals surface area contributed by atoms with Crippen molar-refractivity contribution < 1.29 is 19.4 Å². The van der Waals surface area contributed by atoms with Crippen molar-refractivity contribution in [2.45, 2.75) is 37.1 Å². The molecular weight excluding hydrogens is 326 g/mol. The number of carbonyl (C=O) groups excluding carboxylic acids is 1. The highest BCUT2D eigenvalue weighted by molar-refractivity contribution is 7.98. The third-order valence-corrected chi connectivity index (χ3v) is 5.39. The lowest BCUT2D eigenvalue weighted by Crippen LogP contribution is -2.36. The van der Waals surface area contributed by atoms with Gasteiger partial charge in [-0.05, 0) is 43.2 Å². The molecule has 0 aliphatic heterocycles. The molecule has 1 N–H and O–H groups in total.